The molecule has 2 rings (SSSR count). The molecule has 0 aliphatic heterocycles. The Morgan fingerprint density at radius 3 is 2.70 bits per heavy atom. The molecule has 0 aliphatic rings. The van der Waals surface area contributed by atoms with E-state index in [0.717, 1.165) is 16.9 Å². The molecule has 0 bridgehead atoms. The van der Waals surface area contributed by atoms with Gasteiger partial charge in [-0.25, -0.2) is 4.98 Å². The van der Waals surface area contributed by atoms with Crippen molar-refractivity contribution in [3.05, 3.63) is 53.2 Å². The van der Waals surface area contributed by atoms with Gasteiger partial charge in [0.05, 0.1) is 0 Å². The van der Waals surface area contributed by atoms with Crippen molar-refractivity contribution in [2.45, 2.75) is 20.4 Å². The van der Waals surface area contributed by atoms with Crippen molar-refractivity contribution in [1.29, 1.82) is 0 Å². The van der Waals surface area contributed by atoms with Gasteiger partial charge in [0.25, 0.3) is 5.91 Å². The summed E-state index contributed by atoms with van der Waals surface area (Å²) in [4.78, 5) is 18.2. The van der Waals surface area contributed by atoms with Crippen LogP contribution in [0, 0.1) is 13.8 Å². The predicted molar refractivity (Wildman–Crippen MR) is 91.8 cm³/mol. The fraction of sp³-hybridized carbons (Fsp3) is 0.333. The molecule has 1 N–H and O–H groups in total. The Kier molecular flexibility index (Phi) is 5.57. The predicted octanol–water partition coefficient (Wildman–Crippen LogP) is 2.46. The fourth-order valence-corrected chi connectivity index (χ4v) is 2.17. The van der Waals surface area contributed by atoms with Gasteiger partial charge in [0.15, 0.2) is 6.61 Å². The molecule has 0 aliphatic carbocycles. The summed E-state index contributed by atoms with van der Waals surface area (Å²) < 4.78 is 5.53. The van der Waals surface area contributed by atoms with Crippen LogP contribution in [0.5, 0.6) is 5.75 Å². The summed E-state index contributed by atoms with van der Waals surface area (Å²) in [6.45, 7) is 4.49. The highest BCUT2D eigenvalue weighted by Crippen LogP contribution is 2.16. The van der Waals surface area contributed by atoms with Crippen molar-refractivity contribution in [2.75, 3.05) is 25.6 Å². The van der Waals surface area contributed by atoms with Crippen molar-refractivity contribution in [3.63, 3.8) is 0 Å². The van der Waals surface area contributed by atoms with Gasteiger partial charge in [-0.05, 0) is 43.2 Å². The summed E-state index contributed by atoms with van der Waals surface area (Å²) in [5.74, 6) is 1.40. The summed E-state index contributed by atoms with van der Waals surface area (Å²) in [6, 6.07) is 9.61. The van der Waals surface area contributed by atoms with E-state index in [1.165, 1.54) is 5.56 Å². The van der Waals surface area contributed by atoms with Crippen LogP contribution in [0.15, 0.2) is 36.5 Å². The molecule has 5 heteroatoms. The molecular weight excluding hydrogens is 290 g/mol. The van der Waals surface area contributed by atoms with Crippen LogP contribution < -0.4 is 15.0 Å². The summed E-state index contributed by atoms with van der Waals surface area (Å²) in [5, 5.41) is 2.86. The van der Waals surface area contributed by atoms with Gasteiger partial charge in [0.2, 0.25) is 0 Å². The molecule has 5 nitrogen and oxygen atoms in total. The number of nitrogens with zero attached hydrogens (tertiary/aromatic N) is 2. The molecular formula is C18H23N3O2. The number of carbonyl (C=O) groups is 1. The number of carbonyl (C=O) groups excluding carboxylic acids is 1. The number of amides is 1. The zero-order valence-electron chi connectivity index (χ0n) is 14.1. The molecule has 122 valence electrons. The van der Waals surface area contributed by atoms with Crippen LogP contribution in [0.4, 0.5) is 5.82 Å². The topological polar surface area (TPSA) is 54.5 Å². The third-order valence-corrected chi connectivity index (χ3v) is 3.62. The number of benzene rings is 1. The molecule has 0 unspecified atom stereocenters. The molecule has 0 radical (unpaired) electrons. The second-order valence-electron chi connectivity index (χ2n) is 5.69. The monoisotopic (exact) mass is 313 g/mol. The zero-order valence-corrected chi connectivity index (χ0v) is 14.1. The standard InChI is InChI=1S/C18H23N3O2/c1-13-7-8-16(10-14(13)2)23-12-17(22)20-11-15-6-5-9-19-18(15)21(3)4/h5-10H,11-12H2,1-4H3,(H,20,22). The Labute approximate surface area is 137 Å². The van der Waals surface area contributed by atoms with Crippen LogP contribution in [-0.2, 0) is 11.3 Å². The van der Waals surface area contributed by atoms with Gasteiger partial charge in [0, 0.05) is 32.4 Å². The van der Waals surface area contributed by atoms with E-state index in [1.807, 2.05) is 63.2 Å². The van der Waals surface area contributed by atoms with Gasteiger partial charge in [0.1, 0.15) is 11.6 Å². The van der Waals surface area contributed by atoms with E-state index in [9.17, 15) is 4.79 Å². The Balaban J connectivity index is 1.87. The number of hydrogen-bond acceptors (Lipinski definition) is 4. The quantitative estimate of drug-likeness (QED) is 0.890. The normalized spacial score (nSPS) is 10.3. The van der Waals surface area contributed by atoms with Crippen molar-refractivity contribution in [3.8, 4) is 5.75 Å². The Hall–Kier alpha value is -2.56. The first-order valence-corrected chi connectivity index (χ1v) is 7.55. The fourth-order valence-electron chi connectivity index (χ4n) is 2.17. The lowest BCUT2D eigenvalue weighted by atomic mass is 10.1. The van der Waals surface area contributed by atoms with Crippen molar-refractivity contribution in [1.82, 2.24) is 10.3 Å². The van der Waals surface area contributed by atoms with Crippen LogP contribution >= 0.6 is 0 Å². The molecule has 1 aromatic heterocycles. The van der Waals surface area contributed by atoms with Gasteiger partial charge < -0.3 is 15.0 Å². The lowest BCUT2D eigenvalue weighted by Gasteiger charge is -2.16. The summed E-state index contributed by atoms with van der Waals surface area (Å²) in [6.07, 6.45) is 1.74. The van der Waals surface area contributed by atoms with Crippen molar-refractivity contribution in [2.24, 2.45) is 0 Å². The molecule has 0 saturated carbocycles. The number of aryl methyl sites for hydroxylation is 2. The molecule has 1 heterocycles. The number of aromatic nitrogens is 1. The number of anilines is 1. The average molecular weight is 313 g/mol. The van der Waals surface area contributed by atoms with Crippen LogP contribution in [0.25, 0.3) is 0 Å². The van der Waals surface area contributed by atoms with E-state index >= 15 is 0 Å². The van der Waals surface area contributed by atoms with Gasteiger partial charge in [-0.15, -0.1) is 0 Å². The summed E-state index contributed by atoms with van der Waals surface area (Å²) in [7, 11) is 3.85. The minimum absolute atomic E-state index is 0.0000602. The largest absolute Gasteiger partial charge is 0.484 e. The Morgan fingerprint density at radius 1 is 1.22 bits per heavy atom. The molecule has 1 amide bonds. The maximum atomic E-state index is 12.0. The molecule has 0 saturated heterocycles. The molecule has 0 atom stereocenters. The van der Waals surface area contributed by atoms with Crippen molar-refractivity contribution < 1.29 is 9.53 Å². The highest BCUT2D eigenvalue weighted by Gasteiger charge is 2.08. The number of rotatable bonds is 6. The van der Waals surface area contributed by atoms with Gasteiger partial charge >= 0.3 is 0 Å². The first kappa shape index (κ1) is 16.8. The Bertz CT molecular complexity index is 684. The van der Waals surface area contributed by atoms with Crippen LogP contribution in [0.1, 0.15) is 16.7 Å². The first-order valence-electron chi connectivity index (χ1n) is 7.55. The van der Waals surface area contributed by atoms with E-state index in [1.54, 1.807) is 6.20 Å². The smallest absolute Gasteiger partial charge is 0.258 e. The Morgan fingerprint density at radius 2 is 2.00 bits per heavy atom. The van der Waals surface area contributed by atoms with Crippen LogP contribution in [0.3, 0.4) is 0 Å². The number of pyridine rings is 1. The molecule has 2 aromatic rings. The van der Waals surface area contributed by atoms with E-state index < -0.39 is 0 Å². The lowest BCUT2D eigenvalue weighted by molar-refractivity contribution is -0.123. The first-order chi connectivity index (χ1) is 11.0. The minimum Gasteiger partial charge on any atom is -0.484 e. The highest BCUT2D eigenvalue weighted by atomic mass is 16.5. The van der Waals surface area contributed by atoms with Gasteiger partial charge in [-0.3, -0.25) is 4.79 Å². The van der Waals surface area contributed by atoms with E-state index in [2.05, 4.69) is 10.3 Å². The number of hydrogen-bond donors (Lipinski definition) is 1. The second-order valence-corrected chi connectivity index (χ2v) is 5.69. The van der Waals surface area contributed by atoms with E-state index in [4.69, 9.17) is 4.74 Å². The molecule has 0 spiro atoms. The third kappa shape index (κ3) is 4.71. The van der Waals surface area contributed by atoms with Gasteiger partial charge in [-0.1, -0.05) is 12.1 Å². The van der Waals surface area contributed by atoms with E-state index in [-0.39, 0.29) is 12.5 Å². The number of nitrogens with one attached hydrogen (secondary N) is 1. The molecule has 23 heavy (non-hydrogen) atoms. The molecule has 1 aromatic carbocycles. The van der Waals surface area contributed by atoms with E-state index in [0.29, 0.717) is 12.3 Å². The lowest BCUT2D eigenvalue weighted by Crippen LogP contribution is -2.29. The highest BCUT2D eigenvalue weighted by molar-refractivity contribution is 5.77. The molecule has 0 fully saturated rings. The second kappa shape index (κ2) is 7.63. The minimum atomic E-state index is -0.156. The van der Waals surface area contributed by atoms with Crippen LogP contribution in [-0.4, -0.2) is 31.6 Å². The average Bonchev–Trinajstić information content (AvgIpc) is 2.54. The van der Waals surface area contributed by atoms with Gasteiger partial charge in [-0.2, -0.15) is 0 Å². The number of ether oxygens (including phenoxy) is 1. The summed E-state index contributed by atoms with van der Waals surface area (Å²) >= 11 is 0. The van der Waals surface area contributed by atoms with Crippen molar-refractivity contribution >= 4 is 11.7 Å². The zero-order chi connectivity index (χ0) is 16.8. The third-order valence-electron chi connectivity index (χ3n) is 3.62. The summed E-state index contributed by atoms with van der Waals surface area (Å²) in [5.41, 5.74) is 3.32. The SMILES string of the molecule is Cc1ccc(OCC(=O)NCc2cccnc2N(C)C)cc1C. The van der Waals surface area contributed by atoms with Crippen LogP contribution in [0.2, 0.25) is 0 Å². The maximum absolute atomic E-state index is 12.0. The maximum Gasteiger partial charge on any atom is 0.258 e.